The fraction of sp³-hybridized carbons (Fsp3) is 0.625. The standard InChI is InChI=1S/C16H24O2S2/c1-11(2)14(17)13(16-19-9-6-10-20-16)15(18)12-7-4-3-5-8-12/h3-5,7-8,11,13-18H,6,9-10H2,1-2H3/t13-,14-,15-/m0/s1. The van der Waals surface area contributed by atoms with Gasteiger partial charge in [-0.25, -0.2) is 0 Å². The molecule has 2 rings (SSSR count). The lowest BCUT2D eigenvalue weighted by atomic mass is 9.87. The van der Waals surface area contributed by atoms with Gasteiger partial charge in [-0.3, -0.25) is 0 Å². The summed E-state index contributed by atoms with van der Waals surface area (Å²) in [5, 5.41) is 21.3. The largest absolute Gasteiger partial charge is 0.392 e. The van der Waals surface area contributed by atoms with E-state index in [0.717, 1.165) is 17.1 Å². The molecule has 1 aliphatic heterocycles. The van der Waals surface area contributed by atoms with E-state index in [9.17, 15) is 10.2 Å². The van der Waals surface area contributed by atoms with E-state index in [1.54, 1.807) is 0 Å². The van der Waals surface area contributed by atoms with Crippen LogP contribution in [-0.2, 0) is 0 Å². The third-order valence-corrected chi connectivity index (χ3v) is 6.90. The second-order valence-corrected chi connectivity index (χ2v) is 8.43. The van der Waals surface area contributed by atoms with Gasteiger partial charge in [-0.2, -0.15) is 0 Å². The van der Waals surface area contributed by atoms with Crippen molar-refractivity contribution in [2.45, 2.75) is 37.1 Å². The Hall–Kier alpha value is -0.160. The summed E-state index contributed by atoms with van der Waals surface area (Å²) in [6, 6.07) is 9.73. The van der Waals surface area contributed by atoms with Crippen molar-refractivity contribution in [3.05, 3.63) is 35.9 Å². The first-order valence-electron chi connectivity index (χ1n) is 7.25. The summed E-state index contributed by atoms with van der Waals surface area (Å²) in [6.45, 7) is 4.04. The zero-order chi connectivity index (χ0) is 14.5. The summed E-state index contributed by atoms with van der Waals surface area (Å²) in [5.74, 6) is 2.29. The zero-order valence-corrected chi connectivity index (χ0v) is 13.7. The molecule has 1 aromatic rings. The molecule has 112 valence electrons. The van der Waals surface area contributed by atoms with Gasteiger partial charge in [0.05, 0.1) is 16.8 Å². The second-order valence-electron chi connectivity index (χ2n) is 5.63. The van der Waals surface area contributed by atoms with Crippen LogP contribution in [0.2, 0.25) is 0 Å². The molecule has 2 N–H and O–H groups in total. The van der Waals surface area contributed by atoms with E-state index < -0.39 is 12.2 Å². The quantitative estimate of drug-likeness (QED) is 0.872. The lowest BCUT2D eigenvalue weighted by Crippen LogP contribution is -2.38. The van der Waals surface area contributed by atoms with E-state index in [0.29, 0.717) is 0 Å². The number of thioether (sulfide) groups is 2. The third-order valence-electron chi connectivity index (χ3n) is 3.75. The molecule has 0 amide bonds. The number of hydrogen-bond acceptors (Lipinski definition) is 4. The summed E-state index contributed by atoms with van der Waals surface area (Å²) >= 11 is 3.77. The van der Waals surface area contributed by atoms with Crippen molar-refractivity contribution in [1.29, 1.82) is 0 Å². The van der Waals surface area contributed by atoms with E-state index in [4.69, 9.17) is 0 Å². The minimum absolute atomic E-state index is 0.118. The Balaban J connectivity index is 2.21. The lowest BCUT2D eigenvalue weighted by molar-refractivity contribution is -0.00432. The van der Waals surface area contributed by atoms with Gasteiger partial charge >= 0.3 is 0 Å². The van der Waals surface area contributed by atoms with Crippen LogP contribution in [0.3, 0.4) is 0 Å². The van der Waals surface area contributed by atoms with Crippen LogP contribution in [-0.4, -0.2) is 32.4 Å². The van der Waals surface area contributed by atoms with E-state index in [-0.39, 0.29) is 16.4 Å². The molecule has 4 heteroatoms. The van der Waals surface area contributed by atoms with Crippen LogP contribution in [0.5, 0.6) is 0 Å². The molecule has 0 aliphatic carbocycles. The van der Waals surface area contributed by atoms with Crippen LogP contribution in [0, 0.1) is 11.8 Å². The predicted octanol–water partition coefficient (Wildman–Crippen LogP) is 3.55. The van der Waals surface area contributed by atoms with Gasteiger partial charge in [0.1, 0.15) is 0 Å². The van der Waals surface area contributed by atoms with Gasteiger partial charge in [0.15, 0.2) is 0 Å². The number of rotatable bonds is 5. The van der Waals surface area contributed by atoms with Gasteiger partial charge in [0.2, 0.25) is 0 Å². The summed E-state index contributed by atoms with van der Waals surface area (Å²) in [6.07, 6.45) is 0.141. The van der Waals surface area contributed by atoms with Crippen LogP contribution in [0.15, 0.2) is 30.3 Å². The normalized spacial score (nSPS) is 21.6. The van der Waals surface area contributed by atoms with Crippen LogP contribution < -0.4 is 0 Å². The molecule has 1 fully saturated rings. The molecule has 0 aromatic heterocycles. The van der Waals surface area contributed by atoms with E-state index in [1.165, 1.54) is 6.42 Å². The smallest absolute Gasteiger partial charge is 0.0861 e. The average molecular weight is 312 g/mol. The second kappa shape index (κ2) is 7.74. The number of aliphatic hydroxyl groups is 2. The maximum Gasteiger partial charge on any atom is 0.0861 e. The fourth-order valence-electron chi connectivity index (χ4n) is 2.54. The van der Waals surface area contributed by atoms with E-state index in [1.807, 2.05) is 67.7 Å². The minimum Gasteiger partial charge on any atom is -0.392 e. The average Bonchev–Trinajstić information content (AvgIpc) is 2.49. The molecule has 0 radical (unpaired) electrons. The molecular weight excluding hydrogens is 288 g/mol. The molecular formula is C16H24O2S2. The molecule has 0 saturated carbocycles. The molecule has 1 heterocycles. The van der Waals surface area contributed by atoms with Crippen molar-refractivity contribution in [3.8, 4) is 0 Å². The summed E-state index contributed by atoms with van der Waals surface area (Å²) < 4.78 is 0.274. The zero-order valence-electron chi connectivity index (χ0n) is 12.1. The topological polar surface area (TPSA) is 40.5 Å². The van der Waals surface area contributed by atoms with Gasteiger partial charge in [0, 0.05) is 5.92 Å². The van der Waals surface area contributed by atoms with Gasteiger partial charge in [-0.1, -0.05) is 44.2 Å². The molecule has 0 unspecified atom stereocenters. The van der Waals surface area contributed by atoms with Gasteiger partial charge in [-0.15, -0.1) is 23.5 Å². The number of aliphatic hydroxyl groups excluding tert-OH is 2. The molecule has 3 atom stereocenters. The first-order chi connectivity index (χ1) is 9.61. The summed E-state index contributed by atoms with van der Waals surface area (Å²) in [4.78, 5) is 0. The summed E-state index contributed by atoms with van der Waals surface area (Å²) in [5.41, 5.74) is 0.906. The van der Waals surface area contributed by atoms with E-state index in [2.05, 4.69) is 0 Å². The lowest BCUT2D eigenvalue weighted by Gasteiger charge is -2.37. The van der Waals surface area contributed by atoms with Crippen molar-refractivity contribution in [2.24, 2.45) is 11.8 Å². The van der Waals surface area contributed by atoms with Gasteiger partial charge < -0.3 is 10.2 Å². The molecule has 0 spiro atoms. The van der Waals surface area contributed by atoms with Crippen LogP contribution in [0.1, 0.15) is 31.9 Å². The molecule has 2 nitrogen and oxygen atoms in total. The Kier molecular flexibility index (Phi) is 6.27. The monoisotopic (exact) mass is 312 g/mol. The van der Waals surface area contributed by atoms with E-state index >= 15 is 0 Å². The molecule has 1 aromatic carbocycles. The molecule has 0 bridgehead atoms. The Morgan fingerprint density at radius 1 is 1.05 bits per heavy atom. The van der Waals surface area contributed by atoms with Crippen molar-refractivity contribution in [1.82, 2.24) is 0 Å². The Labute approximate surface area is 130 Å². The van der Waals surface area contributed by atoms with Crippen LogP contribution in [0.25, 0.3) is 0 Å². The highest BCUT2D eigenvalue weighted by molar-refractivity contribution is 8.17. The number of hydrogen-bond donors (Lipinski definition) is 2. The fourth-order valence-corrected chi connectivity index (χ4v) is 5.84. The molecule has 1 saturated heterocycles. The predicted molar refractivity (Wildman–Crippen MR) is 89.1 cm³/mol. The SMILES string of the molecule is CC(C)[C@H](O)[C@H](C1SCCCS1)[C@@H](O)c1ccccc1. The third kappa shape index (κ3) is 3.94. The molecule has 20 heavy (non-hydrogen) atoms. The Morgan fingerprint density at radius 2 is 1.65 bits per heavy atom. The van der Waals surface area contributed by atoms with Crippen molar-refractivity contribution in [2.75, 3.05) is 11.5 Å². The van der Waals surface area contributed by atoms with Gasteiger partial charge in [0.25, 0.3) is 0 Å². The highest BCUT2D eigenvalue weighted by atomic mass is 32.2. The van der Waals surface area contributed by atoms with Crippen molar-refractivity contribution in [3.63, 3.8) is 0 Å². The molecule has 1 aliphatic rings. The maximum absolute atomic E-state index is 10.8. The highest BCUT2D eigenvalue weighted by Gasteiger charge is 2.37. The van der Waals surface area contributed by atoms with Crippen LogP contribution >= 0.6 is 23.5 Å². The first-order valence-corrected chi connectivity index (χ1v) is 9.35. The maximum atomic E-state index is 10.8. The Bertz CT molecular complexity index is 391. The summed E-state index contributed by atoms with van der Waals surface area (Å²) in [7, 11) is 0. The first kappa shape index (κ1) is 16.2. The van der Waals surface area contributed by atoms with Crippen molar-refractivity contribution < 1.29 is 10.2 Å². The highest BCUT2D eigenvalue weighted by Crippen LogP contribution is 2.43. The minimum atomic E-state index is -0.600. The van der Waals surface area contributed by atoms with Gasteiger partial charge in [-0.05, 0) is 29.4 Å². The number of benzene rings is 1. The Morgan fingerprint density at radius 3 is 2.20 bits per heavy atom. The van der Waals surface area contributed by atoms with Crippen molar-refractivity contribution >= 4 is 23.5 Å². The van der Waals surface area contributed by atoms with Crippen LogP contribution in [0.4, 0.5) is 0 Å².